The lowest BCUT2D eigenvalue weighted by Crippen LogP contribution is -2.26. The molecule has 0 aliphatic carbocycles. The molecule has 0 radical (unpaired) electrons. The van der Waals surface area contributed by atoms with Gasteiger partial charge < -0.3 is 5.32 Å². The predicted octanol–water partition coefficient (Wildman–Crippen LogP) is 3.53. The molecule has 1 aromatic carbocycles. The van der Waals surface area contributed by atoms with Crippen LogP contribution in [0.4, 0.5) is 4.39 Å². The SMILES string of the molecule is O=C(Cc1ccc(F)cc1)n1cc(C2CCNCC2)c2ncccc21. The zero-order valence-electron chi connectivity index (χ0n) is 13.9. The first kappa shape index (κ1) is 16.0. The van der Waals surface area contributed by atoms with Crippen molar-refractivity contribution in [2.24, 2.45) is 0 Å². The molecule has 25 heavy (non-hydrogen) atoms. The molecule has 0 bridgehead atoms. The van der Waals surface area contributed by atoms with Crippen molar-refractivity contribution in [1.29, 1.82) is 0 Å². The van der Waals surface area contributed by atoms with Gasteiger partial charge in [0.05, 0.1) is 17.5 Å². The van der Waals surface area contributed by atoms with Gasteiger partial charge in [-0.3, -0.25) is 14.3 Å². The first-order valence-electron chi connectivity index (χ1n) is 8.67. The standard InChI is InChI=1S/C20H20FN3O/c21-16-5-3-14(4-6-16)12-19(25)24-13-17(15-7-10-22-11-8-15)20-18(24)2-1-9-23-20/h1-6,9,13,15,22H,7-8,10-12H2. The molecule has 1 aliphatic heterocycles. The van der Waals surface area contributed by atoms with Crippen molar-refractivity contribution in [3.63, 3.8) is 0 Å². The lowest BCUT2D eigenvalue weighted by atomic mass is 9.91. The Morgan fingerprint density at radius 1 is 1.20 bits per heavy atom. The fourth-order valence-corrected chi connectivity index (χ4v) is 3.58. The number of nitrogens with one attached hydrogen (secondary N) is 1. The van der Waals surface area contributed by atoms with Crippen molar-refractivity contribution in [1.82, 2.24) is 14.9 Å². The summed E-state index contributed by atoms with van der Waals surface area (Å²) in [5, 5.41) is 3.37. The van der Waals surface area contributed by atoms with Crippen LogP contribution < -0.4 is 5.32 Å². The molecular formula is C20H20FN3O. The van der Waals surface area contributed by atoms with Gasteiger partial charge in [-0.25, -0.2) is 4.39 Å². The highest BCUT2D eigenvalue weighted by molar-refractivity contribution is 5.93. The van der Waals surface area contributed by atoms with Crippen molar-refractivity contribution in [2.45, 2.75) is 25.2 Å². The average Bonchev–Trinajstić information content (AvgIpc) is 3.04. The Balaban J connectivity index is 1.69. The molecule has 0 unspecified atom stereocenters. The van der Waals surface area contributed by atoms with Crippen molar-refractivity contribution >= 4 is 16.9 Å². The second-order valence-electron chi connectivity index (χ2n) is 6.55. The van der Waals surface area contributed by atoms with Crippen LogP contribution in [0.25, 0.3) is 11.0 Å². The van der Waals surface area contributed by atoms with Gasteiger partial charge in [-0.05, 0) is 67.2 Å². The fourth-order valence-electron chi connectivity index (χ4n) is 3.58. The minimum absolute atomic E-state index is 0.0233. The molecule has 3 aromatic rings. The van der Waals surface area contributed by atoms with Gasteiger partial charge in [0.1, 0.15) is 5.82 Å². The molecule has 0 spiro atoms. The van der Waals surface area contributed by atoms with Crippen LogP contribution in [0.2, 0.25) is 0 Å². The summed E-state index contributed by atoms with van der Waals surface area (Å²) in [6.45, 7) is 1.99. The normalized spacial score (nSPS) is 15.6. The Bertz CT molecular complexity index is 895. The molecule has 128 valence electrons. The van der Waals surface area contributed by atoms with Crippen LogP contribution in [-0.4, -0.2) is 28.5 Å². The number of hydrogen-bond acceptors (Lipinski definition) is 3. The van der Waals surface area contributed by atoms with Crippen LogP contribution in [0.5, 0.6) is 0 Å². The van der Waals surface area contributed by atoms with Crippen molar-refractivity contribution < 1.29 is 9.18 Å². The van der Waals surface area contributed by atoms with E-state index < -0.39 is 0 Å². The van der Waals surface area contributed by atoms with E-state index in [1.54, 1.807) is 22.9 Å². The summed E-state index contributed by atoms with van der Waals surface area (Å²) in [6.07, 6.45) is 6.09. The van der Waals surface area contributed by atoms with Gasteiger partial charge in [-0.15, -0.1) is 0 Å². The van der Waals surface area contributed by atoms with Crippen molar-refractivity contribution in [2.75, 3.05) is 13.1 Å². The van der Waals surface area contributed by atoms with Gasteiger partial charge in [0.15, 0.2) is 0 Å². The maximum absolute atomic E-state index is 13.1. The molecule has 3 heterocycles. The molecule has 0 atom stereocenters. The van der Waals surface area contributed by atoms with Gasteiger partial charge in [0.2, 0.25) is 5.91 Å². The summed E-state index contributed by atoms with van der Waals surface area (Å²) in [5.41, 5.74) is 3.73. The lowest BCUT2D eigenvalue weighted by molar-refractivity contribution is 0.0919. The Morgan fingerprint density at radius 3 is 2.72 bits per heavy atom. The topological polar surface area (TPSA) is 46.9 Å². The van der Waals surface area contributed by atoms with Gasteiger partial charge in [0, 0.05) is 12.4 Å². The van der Waals surface area contributed by atoms with E-state index in [2.05, 4.69) is 10.3 Å². The highest BCUT2D eigenvalue weighted by Gasteiger charge is 2.22. The van der Waals surface area contributed by atoms with E-state index in [1.165, 1.54) is 12.1 Å². The smallest absolute Gasteiger partial charge is 0.235 e. The Labute approximate surface area is 145 Å². The number of fused-ring (bicyclic) bond motifs is 1. The van der Waals surface area contributed by atoms with Crippen LogP contribution in [0.3, 0.4) is 0 Å². The largest absolute Gasteiger partial charge is 0.317 e. The van der Waals surface area contributed by atoms with E-state index >= 15 is 0 Å². The number of nitrogens with zero attached hydrogens (tertiary/aromatic N) is 2. The minimum Gasteiger partial charge on any atom is -0.317 e. The number of pyridine rings is 1. The Hall–Kier alpha value is -2.53. The number of rotatable bonds is 3. The third kappa shape index (κ3) is 3.20. The molecule has 5 heteroatoms. The summed E-state index contributed by atoms with van der Waals surface area (Å²) in [4.78, 5) is 17.4. The molecule has 0 amide bonds. The third-order valence-electron chi connectivity index (χ3n) is 4.90. The van der Waals surface area contributed by atoms with Crippen LogP contribution in [0.15, 0.2) is 48.8 Å². The molecule has 4 nitrogen and oxygen atoms in total. The second-order valence-corrected chi connectivity index (χ2v) is 6.55. The Kier molecular flexibility index (Phi) is 4.32. The lowest BCUT2D eigenvalue weighted by Gasteiger charge is -2.21. The van der Waals surface area contributed by atoms with Crippen molar-refractivity contribution in [3.8, 4) is 0 Å². The maximum Gasteiger partial charge on any atom is 0.235 e. The molecular weight excluding hydrogens is 317 g/mol. The highest BCUT2D eigenvalue weighted by atomic mass is 19.1. The number of halogens is 1. The maximum atomic E-state index is 13.1. The van der Waals surface area contributed by atoms with Crippen LogP contribution in [0.1, 0.15) is 34.7 Å². The third-order valence-corrected chi connectivity index (χ3v) is 4.90. The van der Waals surface area contributed by atoms with Crippen LogP contribution in [0, 0.1) is 5.82 Å². The summed E-state index contributed by atoms with van der Waals surface area (Å²) < 4.78 is 14.8. The van der Waals surface area contributed by atoms with Crippen molar-refractivity contribution in [3.05, 3.63) is 65.7 Å². The molecule has 1 N–H and O–H groups in total. The first-order valence-corrected chi connectivity index (χ1v) is 8.67. The minimum atomic E-state index is -0.292. The highest BCUT2D eigenvalue weighted by Crippen LogP contribution is 2.31. The first-order chi connectivity index (χ1) is 12.2. The predicted molar refractivity (Wildman–Crippen MR) is 95.3 cm³/mol. The number of aromatic nitrogens is 2. The van der Waals surface area contributed by atoms with Gasteiger partial charge >= 0.3 is 0 Å². The number of carbonyl (C=O) groups excluding carboxylic acids is 1. The van der Waals surface area contributed by atoms with E-state index in [0.29, 0.717) is 5.92 Å². The number of piperidine rings is 1. The van der Waals surface area contributed by atoms with Gasteiger partial charge in [-0.1, -0.05) is 12.1 Å². The quantitative estimate of drug-likeness (QED) is 0.795. The molecule has 1 aliphatic rings. The van der Waals surface area contributed by atoms with Crippen LogP contribution in [-0.2, 0) is 6.42 Å². The molecule has 1 fully saturated rings. The molecule has 2 aromatic heterocycles. The summed E-state index contributed by atoms with van der Waals surface area (Å²) in [6, 6.07) is 9.89. The number of benzene rings is 1. The van der Waals surface area contributed by atoms with E-state index in [1.807, 2.05) is 18.3 Å². The fraction of sp³-hybridized carbons (Fsp3) is 0.300. The van der Waals surface area contributed by atoms with Gasteiger partial charge in [0.25, 0.3) is 0 Å². The Morgan fingerprint density at radius 2 is 1.96 bits per heavy atom. The number of carbonyl (C=O) groups is 1. The van der Waals surface area contributed by atoms with E-state index in [-0.39, 0.29) is 18.1 Å². The van der Waals surface area contributed by atoms with Gasteiger partial charge in [-0.2, -0.15) is 0 Å². The number of hydrogen-bond donors (Lipinski definition) is 1. The van der Waals surface area contributed by atoms with Crippen LogP contribution >= 0.6 is 0 Å². The van der Waals surface area contributed by atoms with E-state index in [0.717, 1.165) is 48.1 Å². The zero-order valence-corrected chi connectivity index (χ0v) is 13.9. The summed E-state index contributed by atoms with van der Waals surface area (Å²) >= 11 is 0. The molecule has 4 rings (SSSR count). The summed E-state index contributed by atoms with van der Waals surface area (Å²) in [5.74, 6) is 0.114. The van der Waals surface area contributed by atoms with E-state index in [4.69, 9.17) is 0 Å². The second kappa shape index (κ2) is 6.76. The summed E-state index contributed by atoms with van der Waals surface area (Å²) in [7, 11) is 0. The monoisotopic (exact) mass is 337 g/mol. The zero-order chi connectivity index (χ0) is 17.2. The molecule has 1 saturated heterocycles. The van der Waals surface area contributed by atoms with E-state index in [9.17, 15) is 9.18 Å². The average molecular weight is 337 g/mol. The molecule has 0 saturated carbocycles.